The van der Waals surface area contributed by atoms with Gasteiger partial charge in [-0.3, -0.25) is 9.79 Å². The molecule has 2 N–H and O–H groups in total. The van der Waals surface area contributed by atoms with Gasteiger partial charge in [-0.1, -0.05) is 32.4 Å². The molecule has 0 atom stereocenters. The summed E-state index contributed by atoms with van der Waals surface area (Å²) in [5, 5.41) is 6.73. The second-order valence-corrected chi connectivity index (χ2v) is 8.28. The largest absolute Gasteiger partial charge is 0.497 e. The van der Waals surface area contributed by atoms with Crippen molar-refractivity contribution in [1.29, 1.82) is 0 Å². The summed E-state index contributed by atoms with van der Waals surface area (Å²) in [6.45, 7) is 10.5. The van der Waals surface area contributed by atoms with E-state index >= 15 is 0 Å². The van der Waals surface area contributed by atoms with Crippen LogP contribution >= 0.6 is 24.0 Å². The van der Waals surface area contributed by atoms with Crippen LogP contribution in [0.2, 0.25) is 0 Å². The predicted octanol–water partition coefficient (Wildman–Crippen LogP) is 3.94. The van der Waals surface area contributed by atoms with Gasteiger partial charge in [0.25, 0.3) is 0 Å². The number of benzene rings is 1. The van der Waals surface area contributed by atoms with Gasteiger partial charge in [0.05, 0.1) is 13.7 Å². The van der Waals surface area contributed by atoms with E-state index < -0.39 is 0 Å². The summed E-state index contributed by atoms with van der Waals surface area (Å²) in [4.78, 5) is 18.9. The first-order valence-corrected chi connectivity index (χ1v) is 10.9. The zero-order valence-corrected chi connectivity index (χ0v) is 21.3. The molecule has 1 fully saturated rings. The van der Waals surface area contributed by atoms with Crippen molar-refractivity contribution in [3.63, 3.8) is 0 Å². The molecule has 0 aliphatic carbocycles. The van der Waals surface area contributed by atoms with E-state index in [1.54, 1.807) is 7.11 Å². The van der Waals surface area contributed by atoms with Gasteiger partial charge in [-0.25, -0.2) is 0 Å². The van der Waals surface area contributed by atoms with E-state index in [1.165, 1.54) is 12.0 Å². The zero-order chi connectivity index (χ0) is 21.1. The number of rotatable bonds is 9. The van der Waals surface area contributed by atoms with Crippen LogP contribution in [0.1, 0.15) is 58.4 Å². The summed E-state index contributed by atoms with van der Waals surface area (Å²) < 4.78 is 5.36. The van der Waals surface area contributed by atoms with Crippen LogP contribution in [0.4, 0.5) is 0 Å². The molecule has 1 heterocycles. The smallest absolute Gasteiger partial charge is 0.222 e. The van der Waals surface area contributed by atoms with Gasteiger partial charge in [0, 0.05) is 38.0 Å². The van der Waals surface area contributed by atoms with Crippen molar-refractivity contribution in [3.05, 3.63) is 29.8 Å². The SMILES string of the molecule is CCNC(=NCC(C)(C)c1cccc(OC)c1)NCCCN1CCCCCC1=O.I. The van der Waals surface area contributed by atoms with E-state index in [0.717, 1.165) is 57.2 Å². The Balaban J connectivity index is 0.00000450. The standard InChI is InChI=1S/C23H38N4O2.HI/c1-5-24-22(25-14-10-16-27-15-8-6-7-13-21(27)28)26-18-23(2,3)19-11-9-12-20(17-19)29-4;/h9,11-12,17H,5-8,10,13-16,18H2,1-4H3,(H2,24,25,26);1H. The van der Waals surface area contributed by atoms with E-state index in [2.05, 4.69) is 43.5 Å². The van der Waals surface area contributed by atoms with Crippen LogP contribution in [0.15, 0.2) is 29.3 Å². The molecule has 170 valence electrons. The maximum absolute atomic E-state index is 12.1. The Morgan fingerprint density at radius 3 is 2.77 bits per heavy atom. The maximum Gasteiger partial charge on any atom is 0.222 e. The van der Waals surface area contributed by atoms with Crippen LogP contribution < -0.4 is 15.4 Å². The van der Waals surface area contributed by atoms with E-state index in [-0.39, 0.29) is 29.4 Å². The van der Waals surface area contributed by atoms with E-state index in [0.29, 0.717) is 18.9 Å². The summed E-state index contributed by atoms with van der Waals surface area (Å²) in [5.41, 5.74) is 1.10. The third kappa shape index (κ3) is 8.70. The molecule has 1 aromatic carbocycles. The number of aliphatic imine (C=N–C) groups is 1. The second-order valence-electron chi connectivity index (χ2n) is 8.28. The molecule has 1 amide bonds. The van der Waals surface area contributed by atoms with Gasteiger partial charge in [-0.15, -0.1) is 24.0 Å². The van der Waals surface area contributed by atoms with E-state index in [4.69, 9.17) is 9.73 Å². The third-order valence-electron chi connectivity index (χ3n) is 5.40. The lowest BCUT2D eigenvalue weighted by Gasteiger charge is -2.24. The monoisotopic (exact) mass is 530 g/mol. The van der Waals surface area contributed by atoms with Crippen molar-refractivity contribution in [1.82, 2.24) is 15.5 Å². The highest BCUT2D eigenvalue weighted by Gasteiger charge is 2.21. The lowest BCUT2D eigenvalue weighted by molar-refractivity contribution is -0.130. The first-order valence-electron chi connectivity index (χ1n) is 10.9. The van der Waals surface area contributed by atoms with E-state index in [9.17, 15) is 4.79 Å². The topological polar surface area (TPSA) is 66.0 Å². The predicted molar refractivity (Wildman–Crippen MR) is 135 cm³/mol. The Morgan fingerprint density at radius 2 is 2.03 bits per heavy atom. The Morgan fingerprint density at radius 1 is 1.23 bits per heavy atom. The summed E-state index contributed by atoms with van der Waals surface area (Å²) in [6, 6.07) is 8.18. The lowest BCUT2D eigenvalue weighted by atomic mass is 9.85. The quantitative estimate of drug-likeness (QED) is 0.220. The van der Waals surface area contributed by atoms with Gasteiger partial charge >= 0.3 is 0 Å². The number of hydrogen-bond donors (Lipinski definition) is 2. The molecule has 0 aromatic heterocycles. The van der Waals surface area contributed by atoms with Gasteiger partial charge in [0.2, 0.25) is 5.91 Å². The highest BCUT2D eigenvalue weighted by Crippen LogP contribution is 2.26. The average molecular weight is 530 g/mol. The number of nitrogens with zero attached hydrogens (tertiary/aromatic N) is 2. The summed E-state index contributed by atoms with van der Waals surface area (Å²) in [7, 11) is 1.69. The molecular formula is C23H39IN4O2. The van der Waals surface area contributed by atoms with Crippen LogP contribution in [0, 0.1) is 0 Å². The molecule has 6 nitrogen and oxygen atoms in total. The Labute approximate surface area is 199 Å². The molecule has 0 radical (unpaired) electrons. The number of halogens is 1. The van der Waals surface area contributed by atoms with Gasteiger partial charge < -0.3 is 20.3 Å². The third-order valence-corrected chi connectivity index (χ3v) is 5.40. The van der Waals surface area contributed by atoms with E-state index in [1.807, 2.05) is 17.0 Å². The van der Waals surface area contributed by atoms with Crippen LogP contribution in [0.3, 0.4) is 0 Å². The molecule has 0 bridgehead atoms. The molecule has 1 saturated heterocycles. The van der Waals surface area contributed by atoms with Crippen molar-refractivity contribution < 1.29 is 9.53 Å². The number of guanidine groups is 1. The number of carbonyl (C=O) groups is 1. The lowest BCUT2D eigenvalue weighted by Crippen LogP contribution is -2.40. The number of ether oxygens (including phenoxy) is 1. The molecule has 1 aliphatic heterocycles. The van der Waals surface area contributed by atoms with Crippen molar-refractivity contribution in [2.75, 3.05) is 39.8 Å². The van der Waals surface area contributed by atoms with Crippen molar-refractivity contribution in [3.8, 4) is 5.75 Å². The number of amides is 1. The first-order chi connectivity index (χ1) is 14.0. The average Bonchev–Trinajstić information content (AvgIpc) is 2.93. The van der Waals surface area contributed by atoms with Crippen molar-refractivity contribution in [2.45, 2.75) is 58.3 Å². The minimum atomic E-state index is -0.102. The fourth-order valence-electron chi connectivity index (χ4n) is 3.51. The molecule has 1 aliphatic rings. The van der Waals surface area contributed by atoms with Crippen molar-refractivity contribution >= 4 is 35.8 Å². The highest BCUT2D eigenvalue weighted by molar-refractivity contribution is 14.0. The molecule has 0 unspecified atom stereocenters. The summed E-state index contributed by atoms with van der Waals surface area (Å²) >= 11 is 0. The van der Waals surface area contributed by atoms with Gasteiger partial charge in [0.1, 0.15) is 5.75 Å². The number of methoxy groups -OCH3 is 1. The van der Waals surface area contributed by atoms with Gasteiger partial charge in [0.15, 0.2) is 5.96 Å². The minimum absolute atomic E-state index is 0. The fraction of sp³-hybridized carbons (Fsp3) is 0.652. The molecule has 7 heteroatoms. The molecule has 2 rings (SSSR count). The number of hydrogen-bond acceptors (Lipinski definition) is 3. The van der Waals surface area contributed by atoms with Crippen LogP contribution in [0.5, 0.6) is 5.75 Å². The molecule has 1 aromatic rings. The number of carbonyl (C=O) groups excluding carboxylic acids is 1. The van der Waals surface area contributed by atoms with Crippen LogP contribution in [-0.4, -0.2) is 56.6 Å². The van der Waals surface area contributed by atoms with Crippen molar-refractivity contribution in [2.24, 2.45) is 4.99 Å². The zero-order valence-electron chi connectivity index (χ0n) is 19.0. The summed E-state index contributed by atoms with van der Waals surface area (Å²) in [5.74, 6) is 2.00. The van der Waals surface area contributed by atoms with Gasteiger partial charge in [-0.2, -0.15) is 0 Å². The number of nitrogens with one attached hydrogen (secondary N) is 2. The maximum atomic E-state index is 12.1. The molecule has 0 saturated carbocycles. The molecular weight excluding hydrogens is 491 g/mol. The minimum Gasteiger partial charge on any atom is -0.497 e. The molecule has 0 spiro atoms. The van der Waals surface area contributed by atoms with Gasteiger partial charge in [-0.05, 0) is 43.9 Å². The highest BCUT2D eigenvalue weighted by atomic mass is 127. The Kier molecular flexibility index (Phi) is 12.1. The second kappa shape index (κ2) is 13.7. The van der Waals surface area contributed by atoms with Crippen LogP contribution in [-0.2, 0) is 10.2 Å². The summed E-state index contributed by atoms with van der Waals surface area (Å²) in [6.07, 6.45) is 4.96. The Hall–Kier alpha value is -1.51. The fourth-order valence-corrected chi connectivity index (χ4v) is 3.51. The normalized spacial score (nSPS) is 15.3. The van der Waals surface area contributed by atoms with Crippen LogP contribution in [0.25, 0.3) is 0 Å². The number of likely N-dealkylation sites (tertiary alicyclic amines) is 1. The first kappa shape index (κ1) is 26.5. The molecule has 30 heavy (non-hydrogen) atoms. The Bertz CT molecular complexity index is 679.